The van der Waals surface area contributed by atoms with Gasteiger partial charge >= 0.3 is 0 Å². The van der Waals surface area contributed by atoms with Gasteiger partial charge in [-0.1, -0.05) is 75.4 Å². The first-order chi connectivity index (χ1) is 7.93. The molecule has 0 bridgehead atoms. The molecule has 0 heteroatoms. The lowest BCUT2D eigenvalue weighted by Gasteiger charge is -1.97. The third kappa shape index (κ3) is 6.44. The summed E-state index contributed by atoms with van der Waals surface area (Å²) in [7, 11) is 0. The van der Waals surface area contributed by atoms with Crippen molar-refractivity contribution in [3.8, 4) is 0 Å². The average Bonchev–Trinajstić information content (AvgIpc) is 2.34. The summed E-state index contributed by atoms with van der Waals surface area (Å²) in [6, 6.07) is 11.1. The van der Waals surface area contributed by atoms with Crippen LogP contribution in [0.15, 0.2) is 30.3 Å². The van der Waals surface area contributed by atoms with Crippen LogP contribution in [0, 0.1) is 6.07 Å². The molecule has 1 aromatic rings. The minimum Gasteiger partial charge on any atom is -0.0839 e. The summed E-state index contributed by atoms with van der Waals surface area (Å²) in [4.78, 5) is 0. The van der Waals surface area contributed by atoms with E-state index < -0.39 is 0 Å². The van der Waals surface area contributed by atoms with E-state index in [4.69, 9.17) is 0 Å². The van der Waals surface area contributed by atoms with Crippen molar-refractivity contribution in [2.24, 2.45) is 0 Å². The highest BCUT2D eigenvalue weighted by Crippen LogP contribution is 2.08. The molecule has 0 atom stereocenters. The van der Waals surface area contributed by atoms with Crippen LogP contribution in [-0.4, -0.2) is 0 Å². The fraction of sp³-hybridized carbons (Fsp3) is 0.500. The number of unbranched alkanes of at least 4 members (excludes halogenated alkanes) is 6. The lowest BCUT2D eigenvalue weighted by molar-refractivity contribution is 0.611. The normalized spacial score (nSPS) is 11.1. The van der Waals surface area contributed by atoms with E-state index in [9.17, 15) is 0 Å². The fourth-order valence-corrected chi connectivity index (χ4v) is 1.77. The van der Waals surface area contributed by atoms with Crippen LogP contribution in [0.25, 0.3) is 6.08 Å². The van der Waals surface area contributed by atoms with Crippen LogP contribution in [0.1, 0.15) is 57.4 Å². The Morgan fingerprint density at radius 2 is 1.69 bits per heavy atom. The molecule has 16 heavy (non-hydrogen) atoms. The first kappa shape index (κ1) is 13.0. The van der Waals surface area contributed by atoms with Gasteiger partial charge in [0, 0.05) is 0 Å². The van der Waals surface area contributed by atoms with E-state index in [2.05, 4.69) is 37.3 Å². The summed E-state index contributed by atoms with van der Waals surface area (Å²) in [6.07, 6.45) is 14.0. The minimum absolute atomic E-state index is 1.21. The third-order valence-corrected chi connectivity index (χ3v) is 2.78. The number of benzene rings is 1. The standard InChI is InChI=1S/C16H23/c1-2-3-4-5-6-7-8-10-13-16-14-11-9-12-15-16/h10-15H,2-8H2,1H3. The summed E-state index contributed by atoms with van der Waals surface area (Å²) in [6.45, 7) is 2.26. The van der Waals surface area contributed by atoms with Crippen molar-refractivity contribution in [3.05, 3.63) is 42.0 Å². The molecule has 1 aromatic carbocycles. The van der Waals surface area contributed by atoms with Crippen molar-refractivity contribution in [2.75, 3.05) is 0 Å². The predicted octanol–water partition coefficient (Wildman–Crippen LogP) is 5.25. The molecule has 1 rings (SSSR count). The monoisotopic (exact) mass is 215 g/mol. The second-order valence-electron chi connectivity index (χ2n) is 4.29. The van der Waals surface area contributed by atoms with Crippen molar-refractivity contribution in [1.82, 2.24) is 0 Å². The molecule has 87 valence electrons. The van der Waals surface area contributed by atoms with Crippen LogP contribution in [0.4, 0.5) is 0 Å². The highest BCUT2D eigenvalue weighted by Gasteiger charge is 1.88. The minimum atomic E-state index is 1.21. The maximum absolute atomic E-state index is 3.03. The summed E-state index contributed by atoms with van der Waals surface area (Å²) in [5, 5.41) is 0. The SMILES string of the molecule is CCCCCCCCC=Cc1cc[c]cc1. The van der Waals surface area contributed by atoms with Crippen molar-refractivity contribution in [3.63, 3.8) is 0 Å². The molecular weight excluding hydrogens is 192 g/mol. The molecule has 1 radical (unpaired) electrons. The Morgan fingerprint density at radius 3 is 2.44 bits per heavy atom. The molecule has 0 aliphatic rings. The molecular formula is C16H23. The molecule has 0 unspecified atom stereocenters. The highest BCUT2D eigenvalue weighted by molar-refractivity contribution is 5.48. The molecule has 0 saturated carbocycles. The van der Waals surface area contributed by atoms with Crippen molar-refractivity contribution in [2.45, 2.75) is 51.9 Å². The van der Waals surface area contributed by atoms with E-state index in [0.717, 1.165) is 0 Å². The molecule has 0 N–H and O–H groups in total. The Kier molecular flexibility index (Phi) is 7.49. The van der Waals surface area contributed by atoms with E-state index in [0.29, 0.717) is 0 Å². The summed E-state index contributed by atoms with van der Waals surface area (Å²) in [5.74, 6) is 0. The number of hydrogen-bond acceptors (Lipinski definition) is 0. The molecule has 0 nitrogen and oxygen atoms in total. The zero-order valence-corrected chi connectivity index (χ0v) is 10.4. The predicted molar refractivity (Wildman–Crippen MR) is 72.3 cm³/mol. The lowest BCUT2D eigenvalue weighted by atomic mass is 10.1. The summed E-state index contributed by atoms with van der Waals surface area (Å²) < 4.78 is 0. The third-order valence-electron chi connectivity index (χ3n) is 2.78. The van der Waals surface area contributed by atoms with Gasteiger partial charge in [0.25, 0.3) is 0 Å². The van der Waals surface area contributed by atoms with Gasteiger partial charge in [-0.15, -0.1) is 0 Å². The fourth-order valence-electron chi connectivity index (χ4n) is 1.77. The van der Waals surface area contributed by atoms with Gasteiger partial charge in [0.2, 0.25) is 0 Å². The number of rotatable bonds is 8. The Bertz CT molecular complexity index is 271. The summed E-state index contributed by atoms with van der Waals surface area (Å²) >= 11 is 0. The Hall–Kier alpha value is -1.04. The van der Waals surface area contributed by atoms with E-state index >= 15 is 0 Å². The van der Waals surface area contributed by atoms with Gasteiger partial charge in [0.1, 0.15) is 0 Å². The number of hydrogen-bond donors (Lipinski definition) is 0. The molecule has 0 saturated heterocycles. The van der Waals surface area contributed by atoms with E-state index in [-0.39, 0.29) is 0 Å². The lowest BCUT2D eigenvalue weighted by Crippen LogP contribution is -1.77. The first-order valence-electron chi connectivity index (χ1n) is 6.56. The topological polar surface area (TPSA) is 0 Å². The highest BCUT2D eigenvalue weighted by atomic mass is 13.9. The Balaban J connectivity index is 2.01. The van der Waals surface area contributed by atoms with Gasteiger partial charge in [-0.05, 0) is 24.5 Å². The van der Waals surface area contributed by atoms with Crippen LogP contribution >= 0.6 is 0 Å². The zero-order chi connectivity index (χ0) is 11.5. The number of allylic oxidation sites excluding steroid dienone is 1. The van der Waals surface area contributed by atoms with Crippen molar-refractivity contribution >= 4 is 6.08 Å². The van der Waals surface area contributed by atoms with Gasteiger partial charge in [-0.2, -0.15) is 0 Å². The molecule has 0 fully saturated rings. The Labute approximate surface area is 100 Å². The molecule has 0 spiro atoms. The zero-order valence-electron chi connectivity index (χ0n) is 10.4. The molecule has 0 aliphatic heterocycles. The van der Waals surface area contributed by atoms with Gasteiger partial charge in [-0.25, -0.2) is 0 Å². The van der Waals surface area contributed by atoms with Crippen molar-refractivity contribution in [1.29, 1.82) is 0 Å². The second kappa shape index (κ2) is 9.21. The van der Waals surface area contributed by atoms with Crippen LogP contribution < -0.4 is 0 Å². The summed E-state index contributed by atoms with van der Waals surface area (Å²) in [5.41, 5.74) is 1.28. The van der Waals surface area contributed by atoms with Gasteiger partial charge in [0.15, 0.2) is 0 Å². The average molecular weight is 215 g/mol. The first-order valence-corrected chi connectivity index (χ1v) is 6.56. The van der Waals surface area contributed by atoms with E-state index in [1.54, 1.807) is 0 Å². The smallest absolute Gasteiger partial charge is 0.0184 e. The molecule has 0 heterocycles. The maximum atomic E-state index is 3.03. The Morgan fingerprint density at radius 1 is 1.00 bits per heavy atom. The van der Waals surface area contributed by atoms with E-state index in [1.807, 2.05) is 12.1 Å². The van der Waals surface area contributed by atoms with Crippen LogP contribution in [0.3, 0.4) is 0 Å². The van der Waals surface area contributed by atoms with Crippen LogP contribution in [0.2, 0.25) is 0 Å². The van der Waals surface area contributed by atoms with Crippen LogP contribution in [-0.2, 0) is 0 Å². The molecule has 0 aromatic heterocycles. The largest absolute Gasteiger partial charge is 0.0839 e. The van der Waals surface area contributed by atoms with Gasteiger partial charge < -0.3 is 0 Å². The van der Waals surface area contributed by atoms with Crippen molar-refractivity contribution < 1.29 is 0 Å². The molecule has 0 aliphatic carbocycles. The van der Waals surface area contributed by atoms with Gasteiger partial charge in [0.05, 0.1) is 0 Å². The van der Waals surface area contributed by atoms with E-state index in [1.165, 1.54) is 50.5 Å². The van der Waals surface area contributed by atoms with Gasteiger partial charge in [-0.3, -0.25) is 0 Å². The quantitative estimate of drug-likeness (QED) is 0.519. The second-order valence-corrected chi connectivity index (χ2v) is 4.29. The molecule has 0 amide bonds. The van der Waals surface area contributed by atoms with Crippen LogP contribution in [0.5, 0.6) is 0 Å². The maximum Gasteiger partial charge on any atom is -0.0184 e.